The van der Waals surface area contributed by atoms with Crippen LogP contribution in [0, 0.1) is 0 Å². The van der Waals surface area contributed by atoms with E-state index in [0.29, 0.717) is 49.4 Å². The molecule has 0 heterocycles. The van der Waals surface area contributed by atoms with Crippen LogP contribution in [0.25, 0.3) is 0 Å². The Labute approximate surface area is 215 Å². The molecule has 1 atom stereocenters. The molecule has 190 valence electrons. The number of anilines is 1. The monoisotopic (exact) mass is 525 g/mol. The lowest BCUT2D eigenvalue weighted by molar-refractivity contribution is -0.126. The summed E-state index contributed by atoms with van der Waals surface area (Å²) in [7, 11) is 0. The molecule has 35 heavy (non-hydrogen) atoms. The van der Waals surface area contributed by atoms with Gasteiger partial charge in [-0.1, -0.05) is 11.6 Å². The lowest BCUT2D eigenvalue weighted by Gasteiger charge is -2.20. The van der Waals surface area contributed by atoms with Crippen molar-refractivity contribution < 1.29 is 28.5 Å². The summed E-state index contributed by atoms with van der Waals surface area (Å²) in [4.78, 5) is 25.4. The number of nitrogens with zero attached hydrogens (tertiary/aromatic N) is 3. The summed E-state index contributed by atoms with van der Waals surface area (Å²) in [6.45, 7) is 10.0. The minimum atomic E-state index is -1.49. The van der Waals surface area contributed by atoms with E-state index in [9.17, 15) is 9.59 Å². The van der Waals surface area contributed by atoms with Crippen LogP contribution < -0.4 is 23.4 Å². The predicted molar refractivity (Wildman–Crippen MR) is 135 cm³/mol. The lowest BCUT2D eigenvalue weighted by atomic mass is 10.2. The topological polar surface area (TPSA) is 99.0 Å². The third-order valence-corrected chi connectivity index (χ3v) is 5.17. The molecule has 0 saturated heterocycles. The molecule has 0 saturated carbocycles. The van der Waals surface area contributed by atoms with E-state index in [2.05, 4.69) is 10.2 Å². The van der Waals surface area contributed by atoms with Gasteiger partial charge < -0.3 is 18.9 Å². The summed E-state index contributed by atoms with van der Waals surface area (Å²) in [6, 6.07) is 6.42. The molecule has 9 nitrogen and oxygen atoms in total. The number of hydrogen-bond acceptors (Lipinski definition) is 8. The van der Waals surface area contributed by atoms with Gasteiger partial charge in [0.05, 0.1) is 32.1 Å². The van der Waals surface area contributed by atoms with E-state index in [-0.39, 0.29) is 16.4 Å². The van der Waals surface area contributed by atoms with Crippen LogP contribution in [0.5, 0.6) is 23.0 Å². The minimum absolute atomic E-state index is 0.243. The van der Waals surface area contributed by atoms with Crippen molar-refractivity contribution >= 4 is 46.4 Å². The summed E-state index contributed by atoms with van der Waals surface area (Å²) in [6.07, 6.45) is 0. The molecule has 0 aliphatic carbocycles. The fourth-order valence-electron chi connectivity index (χ4n) is 2.98. The van der Waals surface area contributed by atoms with Crippen molar-refractivity contribution in [2.75, 3.05) is 30.8 Å². The molecule has 2 aromatic carbocycles. The van der Waals surface area contributed by atoms with Gasteiger partial charge in [0.2, 0.25) is 6.04 Å². The third kappa shape index (κ3) is 7.47. The Balaban J connectivity index is 2.38. The first-order chi connectivity index (χ1) is 16.8. The van der Waals surface area contributed by atoms with Gasteiger partial charge in [-0.15, -0.1) is 0 Å². The molecule has 0 aliphatic rings. The smallest absolute Gasteiger partial charge is 0.276 e. The number of carbonyl (C=O) groups excluding carboxylic acids is 2. The standard InChI is InChI=1S/C24H29Cl2N3O6/c1-6-32-17-10-11-18(19(14-17)33-7-2)29(26)24(31)23(15(5)30)28-27-16-12-20(34-8-3)22(25)21(13-16)35-9-4/h10-14,23H,6-9H2,1-5H3. The van der Waals surface area contributed by atoms with E-state index in [1.807, 2.05) is 20.8 Å². The average Bonchev–Trinajstić information content (AvgIpc) is 2.82. The molecule has 1 amide bonds. The van der Waals surface area contributed by atoms with E-state index in [0.717, 1.165) is 4.42 Å². The normalized spacial score (nSPS) is 11.7. The Kier molecular flexibility index (Phi) is 11.1. The summed E-state index contributed by atoms with van der Waals surface area (Å²) >= 11 is 12.7. The second-order valence-corrected chi connectivity index (χ2v) is 7.68. The highest BCUT2D eigenvalue weighted by molar-refractivity contribution is 6.39. The van der Waals surface area contributed by atoms with Crippen molar-refractivity contribution in [2.24, 2.45) is 10.2 Å². The van der Waals surface area contributed by atoms with Crippen LogP contribution >= 0.6 is 23.4 Å². The fraction of sp³-hybridized carbons (Fsp3) is 0.417. The van der Waals surface area contributed by atoms with Gasteiger partial charge in [0.25, 0.3) is 5.91 Å². The second-order valence-electron chi connectivity index (χ2n) is 6.97. The Morgan fingerprint density at radius 2 is 1.43 bits per heavy atom. The number of carbonyl (C=O) groups is 2. The lowest BCUT2D eigenvalue weighted by Crippen LogP contribution is -2.36. The summed E-state index contributed by atoms with van der Waals surface area (Å²) in [5, 5.41) is 8.34. The van der Waals surface area contributed by atoms with Gasteiger partial charge in [-0.05, 0) is 46.8 Å². The van der Waals surface area contributed by atoms with Gasteiger partial charge in [-0.3, -0.25) is 9.59 Å². The maximum absolute atomic E-state index is 13.1. The molecule has 0 aromatic heterocycles. The fourth-order valence-corrected chi connectivity index (χ4v) is 3.43. The molecule has 0 aliphatic heterocycles. The number of halogens is 2. The summed E-state index contributed by atoms with van der Waals surface area (Å²) in [5.41, 5.74) is 0.532. The predicted octanol–water partition coefficient (Wildman–Crippen LogP) is 6.16. The Hall–Kier alpha value is -3.04. The van der Waals surface area contributed by atoms with Gasteiger partial charge in [0, 0.05) is 30.0 Å². The van der Waals surface area contributed by atoms with E-state index < -0.39 is 17.7 Å². The van der Waals surface area contributed by atoms with Gasteiger partial charge >= 0.3 is 0 Å². The number of azo groups is 1. The van der Waals surface area contributed by atoms with Crippen molar-refractivity contribution in [2.45, 2.75) is 40.7 Å². The number of hydrogen-bond donors (Lipinski definition) is 0. The molecule has 0 fully saturated rings. The number of Topliss-reactive ketones (excluding diaryl/α,β-unsaturated/α-hetero) is 1. The van der Waals surface area contributed by atoms with E-state index in [1.165, 1.54) is 19.1 Å². The van der Waals surface area contributed by atoms with Crippen molar-refractivity contribution in [3.05, 3.63) is 35.4 Å². The Morgan fingerprint density at radius 1 is 0.886 bits per heavy atom. The molecule has 0 bridgehead atoms. The highest BCUT2D eigenvalue weighted by Crippen LogP contribution is 2.39. The largest absolute Gasteiger partial charge is 0.494 e. The van der Waals surface area contributed by atoms with E-state index >= 15 is 0 Å². The van der Waals surface area contributed by atoms with Crippen molar-refractivity contribution in [3.8, 4) is 23.0 Å². The van der Waals surface area contributed by atoms with Crippen molar-refractivity contribution in [1.82, 2.24) is 0 Å². The van der Waals surface area contributed by atoms with E-state index in [1.54, 1.807) is 25.1 Å². The highest BCUT2D eigenvalue weighted by Gasteiger charge is 2.30. The van der Waals surface area contributed by atoms with Crippen molar-refractivity contribution in [3.63, 3.8) is 0 Å². The molecule has 0 radical (unpaired) electrons. The zero-order chi connectivity index (χ0) is 26.0. The molecule has 11 heteroatoms. The van der Waals surface area contributed by atoms with Gasteiger partial charge in [0.1, 0.15) is 33.7 Å². The van der Waals surface area contributed by atoms with Crippen LogP contribution in [-0.2, 0) is 9.59 Å². The molecule has 0 N–H and O–H groups in total. The third-order valence-electron chi connectivity index (χ3n) is 4.45. The zero-order valence-corrected chi connectivity index (χ0v) is 21.9. The molecule has 2 rings (SSSR count). The molecular weight excluding hydrogens is 497 g/mol. The first-order valence-electron chi connectivity index (χ1n) is 11.2. The van der Waals surface area contributed by atoms with Crippen LogP contribution in [0.1, 0.15) is 34.6 Å². The quantitative estimate of drug-likeness (QED) is 0.176. The second kappa shape index (κ2) is 13.7. The first-order valence-corrected chi connectivity index (χ1v) is 11.9. The number of ketones is 1. The van der Waals surface area contributed by atoms with Gasteiger partial charge in [-0.25, -0.2) is 4.42 Å². The summed E-state index contributed by atoms with van der Waals surface area (Å²) < 4.78 is 22.9. The molecular formula is C24H29Cl2N3O6. The molecule has 2 aromatic rings. The van der Waals surface area contributed by atoms with Crippen LogP contribution in [-0.4, -0.2) is 44.2 Å². The summed E-state index contributed by atoms with van der Waals surface area (Å²) in [5.74, 6) is 0.220. The maximum Gasteiger partial charge on any atom is 0.276 e. The number of benzene rings is 2. The minimum Gasteiger partial charge on any atom is -0.494 e. The number of rotatable bonds is 13. The van der Waals surface area contributed by atoms with Crippen LogP contribution in [0.4, 0.5) is 11.4 Å². The van der Waals surface area contributed by atoms with E-state index in [4.69, 9.17) is 42.3 Å². The number of amides is 1. The Morgan fingerprint density at radius 3 is 1.94 bits per heavy atom. The van der Waals surface area contributed by atoms with Crippen molar-refractivity contribution in [1.29, 1.82) is 0 Å². The maximum atomic E-state index is 13.1. The van der Waals surface area contributed by atoms with Crippen LogP contribution in [0.2, 0.25) is 5.02 Å². The molecule has 1 unspecified atom stereocenters. The van der Waals surface area contributed by atoms with Gasteiger partial charge in [0.15, 0.2) is 5.78 Å². The molecule has 0 spiro atoms. The Bertz CT molecular complexity index is 1040. The van der Waals surface area contributed by atoms with Crippen LogP contribution in [0.3, 0.4) is 0 Å². The first kappa shape index (κ1) is 28.2. The zero-order valence-electron chi connectivity index (χ0n) is 20.3. The number of ether oxygens (including phenoxy) is 4. The van der Waals surface area contributed by atoms with Gasteiger partial charge in [-0.2, -0.15) is 10.2 Å². The highest BCUT2D eigenvalue weighted by atomic mass is 35.5. The SMILES string of the molecule is CCOc1ccc(N(Cl)C(=O)C(N=Nc2cc(OCC)c(Cl)c(OCC)c2)C(C)=O)c(OCC)c1. The average molecular weight is 526 g/mol. The van der Waals surface area contributed by atoms with Crippen LogP contribution in [0.15, 0.2) is 40.6 Å².